The van der Waals surface area contributed by atoms with Gasteiger partial charge in [-0.3, -0.25) is 0 Å². The highest BCUT2D eigenvalue weighted by Crippen LogP contribution is 2.25. The number of furan rings is 1. The van der Waals surface area contributed by atoms with Gasteiger partial charge in [-0.2, -0.15) is 0 Å². The maximum absolute atomic E-state index is 9.06. The van der Waals surface area contributed by atoms with E-state index in [0.717, 1.165) is 22.3 Å². The number of alkyl halides is 1. The van der Waals surface area contributed by atoms with Gasteiger partial charge in [-0.1, -0.05) is 23.2 Å². The third-order valence-electron chi connectivity index (χ3n) is 2.37. The van der Waals surface area contributed by atoms with Crippen LogP contribution >= 0.6 is 11.6 Å². The molecule has 0 saturated heterocycles. The first kappa shape index (κ1) is 10.5. The van der Waals surface area contributed by atoms with Gasteiger partial charge < -0.3 is 9.52 Å². The molecule has 0 bridgehead atoms. The fraction of sp³-hybridized carbons (Fsp3) is 0.333. The van der Waals surface area contributed by atoms with Crippen molar-refractivity contribution < 1.29 is 9.52 Å². The molecule has 2 aromatic rings. The molecule has 80 valence electrons. The van der Waals surface area contributed by atoms with Crippen LogP contribution in [0.2, 0.25) is 0 Å². The van der Waals surface area contributed by atoms with E-state index in [2.05, 4.69) is 19.1 Å². The van der Waals surface area contributed by atoms with E-state index in [1.807, 2.05) is 13.0 Å². The molecule has 0 spiro atoms. The van der Waals surface area contributed by atoms with Gasteiger partial charge in [0.05, 0.1) is 0 Å². The average Bonchev–Trinajstić information content (AvgIpc) is 2.45. The molecule has 1 N–H and O–H groups in total. The van der Waals surface area contributed by atoms with Gasteiger partial charge in [-0.25, -0.2) is 0 Å². The summed E-state index contributed by atoms with van der Waals surface area (Å²) >= 11 is 5.51. The van der Waals surface area contributed by atoms with E-state index in [1.165, 1.54) is 5.56 Å². The molecule has 1 unspecified atom stereocenters. The van der Waals surface area contributed by atoms with Crippen molar-refractivity contribution in [2.45, 2.75) is 25.8 Å². The first-order valence-electron chi connectivity index (χ1n) is 4.88. The molecule has 2 nitrogen and oxygen atoms in total. The first-order valence-corrected chi connectivity index (χ1v) is 5.31. The van der Waals surface area contributed by atoms with E-state index in [4.69, 9.17) is 21.1 Å². The Balaban J connectivity index is 2.50. The number of benzene rings is 1. The maximum Gasteiger partial charge on any atom is 0.137 e. The van der Waals surface area contributed by atoms with Crippen LogP contribution < -0.4 is 0 Å². The lowest BCUT2D eigenvalue weighted by Gasteiger charge is -1.97. The smallest absolute Gasteiger partial charge is 0.137 e. The van der Waals surface area contributed by atoms with Gasteiger partial charge in [0.2, 0.25) is 0 Å². The number of aryl methyl sites for hydroxylation is 2. The Kier molecular flexibility index (Phi) is 2.72. The van der Waals surface area contributed by atoms with E-state index in [9.17, 15) is 0 Å². The minimum absolute atomic E-state index is 0.342. The van der Waals surface area contributed by atoms with Crippen LogP contribution in [0.3, 0.4) is 0 Å². The van der Waals surface area contributed by atoms with Gasteiger partial charge in [0.15, 0.2) is 0 Å². The van der Waals surface area contributed by atoms with Crippen molar-refractivity contribution >= 4 is 22.6 Å². The molecule has 1 heterocycles. The summed E-state index contributed by atoms with van der Waals surface area (Å²) in [5.41, 5.74) is 2.32. The van der Waals surface area contributed by atoms with Crippen molar-refractivity contribution in [2.24, 2.45) is 0 Å². The molecule has 0 aliphatic carbocycles. The molecule has 2 rings (SSSR count). The number of halogens is 1. The van der Waals surface area contributed by atoms with Gasteiger partial charge >= 0.3 is 0 Å². The molecule has 1 aromatic carbocycles. The largest absolute Gasteiger partial charge is 0.461 e. The Bertz CT molecular complexity index is 486. The predicted octanol–water partition coefficient (Wildman–Crippen LogP) is 3.15. The van der Waals surface area contributed by atoms with Crippen molar-refractivity contribution in [3.63, 3.8) is 0 Å². The number of aliphatic hydroxyl groups is 1. The SMILES string of the molecule is Cc1cc(C)c2oc(CC(O)Cl)cc2c1. The van der Waals surface area contributed by atoms with Crippen LogP contribution in [0.1, 0.15) is 16.9 Å². The van der Waals surface area contributed by atoms with Crippen LogP contribution in [-0.4, -0.2) is 10.7 Å². The maximum atomic E-state index is 9.06. The lowest BCUT2D eigenvalue weighted by molar-refractivity contribution is 0.248. The van der Waals surface area contributed by atoms with Crippen LogP contribution in [0, 0.1) is 13.8 Å². The van der Waals surface area contributed by atoms with Crippen LogP contribution in [0.4, 0.5) is 0 Å². The van der Waals surface area contributed by atoms with Crippen LogP contribution in [0.5, 0.6) is 0 Å². The summed E-state index contributed by atoms with van der Waals surface area (Å²) in [6.45, 7) is 4.06. The average molecular weight is 225 g/mol. The number of hydrogen-bond donors (Lipinski definition) is 1. The quantitative estimate of drug-likeness (QED) is 0.795. The van der Waals surface area contributed by atoms with Crippen LogP contribution in [0.25, 0.3) is 11.0 Å². The zero-order chi connectivity index (χ0) is 11.0. The molecule has 1 atom stereocenters. The monoisotopic (exact) mass is 224 g/mol. The second-order valence-electron chi connectivity index (χ2n) is 3.85. The zero-order valence-corrected chi connectivity index (χ0v) is 9.51. The summed E-state index contributed by atoms with van der Waals surface area (Å²) in [6.07, 6.45) is 0.342. The summed E-state index contributed by atoms with van der Waals surface area (Å²) in [4.78, 5) is 0. The number of fused-ring (bicyclic) bond motifs is 1. The summed E-state index contributed by atoms with van der Waals surface area (Å²) in [5, 5.41) is 10.1. The standard InChI is InChI=1S/C12H13ClO2/c1-7-3-8(2)12-9(4-7)5-10(15-12)6-11(13)14/h3-5,11,14H,6H2,1-2H3. The molecule has 0 fully saturated rings. The minimum Gasteiger partial charge on any atom is -0.461 e. The fourth-order valence-corrected chi connectivity index (χ4v) is 1.99. The van der Waals surface area contributed by atoms with Crippen LogP contribution in [0.15, 0.2) is 22.6 Å². The third-order valence-corrected chi connectivity index (χ3v) is 2.52. The van der Waals surface area contributed by atoms with Crippen molar-refractivity contribution in [3.8, 4) is 0 Å². The molecule has 3 heteroatoms. The summed E-state index contributed by atoms with van der Waals surface area (Å²) < 4.78 is 5.62. The van der Waals surface area contributed by atoms with Crippen molar-refractivity contribution in [1.82, 2.24) is 0 Å². The second-order valence-corrected chi connectivity index (χ2v) is 4.36. The Hall–Kier alpha value is -0.990. The summed E-state index contributed by atoms with van der Waals surface area (Å²) in [6, 6.07) is 6.07. The highest BCUT2D eigenvalue weighted by molar-refractivity contribution is 6.19. The third kappa shape index (κ3) is 2.16. The highest BCUT2D eigenvalue weighted by atomic mass is 35.5. The van der Waals surface area contributed by atoms with Gasteiger partial charge in [0, 0.05) is 11.8 Å². The predicted molar refractivity (Wildman–Crippen MR) is 61.3 cm³/mol. The zero-order valence-electron chi connectivity index (χ0n) is 8.75. The fourth-order valence-electron chi connectivity index (χ4n) is 1.83. The molecule has 0 amide bonds. The molecule has 0 aliphatic rings. The Morgan fingerprint density at radius 3 is 2.73 bits per heavy atom. The molecule has 0 radical (unpaired) electrons. The van der Waals surface area contributed by atoms with E-state index < -0.39 is 5.56 Å². The molecular formula is C12H13ClO2. The Labute approximate surface area is 93.5 Å². The number of hydrogen-bond acceptors (Lipinski definition) is 2. The lowest BCUT2D eigenvalue weighted by atomic mass is 10.1. The second kappa shape index (κ2) is 3.87. The van der Waals surface area contributed by atoms with E-state index in [0.29, 0.717) is 6.42 Å². The van der Waals surface area contributed by atoms with E-state index >= 15 is 0 Å². The van der Waals surface area contributed by atoms with Gasteiger partial charge in [0.1, 0.15) is 16.9 Å². The Morgan fingerprint density at radius 2 is 2.07 bits per heavy atom. The summed E-state index contributed by atoms with van der Waals surface area (Å²) in [7, 11) is 0. The molecule has 0 saturated carbocycles. The van der Waals surface area contributed by atoms with Crippen LogP contribution in [-0.2, 0) is 6.42 Å². The lowest BCUT2D eigenvalue weighted by Crippen LogP contribution is -1.98. The normalized spacial score (nSPS) is 13.3. The highest BCUT2D eigenvalue weighted by Gasteiger charge is 2.09. The van der Waals surface area contributed by atoms with E-state index in [1.54, 1.807) is 0 Å². The Morgan fingerprint density at radius 1 is 1.33 bits per heavy atom. The van der Waals surface area contributed by atoms with E-state index in [-0.39, 0.29) is 0 Å². The van der Waals surface area contributed by atoms with Crippen molar-refractivity contribution in [1.29, 1.82) is 0 Å². The van der Waals surface area contributed by atoms with Gasteiger partial charge in [-0.15, -0.1) is 0 Å². The van der Waals surface area contributed by atoms with Gasteiger partial charge in [0.25, 0.3) is 0 Å². The molecular weight excluding hydrogens is 212 g/mol. The van der Waals surface area contributed by atoms with Crippen molar-refractivity contribution in [2.75, 3.05) is 0 Å². The molecule has 1 aromatic heterocycles. The number of rotatable bonds is 2. The summed E-state index contributed by atoms with van der Waals surface area (Å²) in [5.74, 6) is 0.723. The number of aliphatic hydroxyl groups excluding tert-OH is 1. The topological polar surface area (TPSA) is 33.4 Å². The molecule has 15 heavy (non-hydrogen) atoms. The van der Waals surface area contributed by atoms with Crippen molar-refractivity contribution in [3.05, 3.63) is 35.1 Å². The first-order chi connectivity index (χ1) is 7.06. The van der Waals surface area contributed by atoms with Gasteiger partial charge in [-0.05, 0) is 31.5 Å². The molecule has 0 aliphatic heterocycles. The minimum atomic E-state index is -0.882.